The lowest BCUT2D eigenvalue weighted by Gasteiger charge is -2.18. The van der Waals surface area contributed by atoms with E-state index in [1.54, 1.807) is 0 Å². The van der Waals surface area contributed by atoms with Crippen LogP contribution in [0.4, 0.5) is 0 Å². The van der Waals surface area contributed by atoms with Crippen molar-refractivity contribution < 1.29 is 18.5 Å². The largest absolute Gasteiger partial charge is 0.569 e. The predicted octanol–water partition coefficient (Wildman–Crippen LogP) is 27.1. The maximum absolute atomic E-state index is 8.94. The first-order valence-corrected chi connectivity index (χ1v) is 35.1. The molecule has 0 aliphatic heterocycles. The van der Waals surface area contributed by atoms with E-state index in [4.69, 9.17) is 18.5 Å². The van der Waals surface area contributed by atoms with E-state index in [0.29, 0.717) is 19.0 Å². The molecule has 1 radical (unpaired) electrons. The second kappa shape index (κ2) is 26.6. The molecule has 4 nitrogen and oxygen atoms in total. The molecule has 0 aliphatic rings. The van der Waals surface area contributed by atoms with Crippen LogP contribution in [0.3, 0.4) is 0 Å². The van der Waals surface area contributed by atoms with Gasteiger partial charge < -0.3 is 18.5 Å². The lowest BCUT2D eigenvalue weighted by Crippen LogP contribution is -1.99. The van der Waals surface area contributed by atoms with E-state index in [0.717, 1.165) is 59.3 Å². The van der Waals surface area contributed by atoms with Crippen LogP contribution in [0.15, 0.2) is 377 Å². The van der Waals surface area contributed by atoms with E-state index >= 15 is 0 Å². The Morgan fingerprint density at radius 1 is 0.245 bits per heavy atom. The standard InChI is InChI=1S/C48H30O.C32H21Br.C16H10BO3/c1-3-13-33(14-4-1)45-38-19-9-10-20-39(38)46(34-15-5-2-6-16-34)43-29-35(27-28-40(43)45)31-23-25-32(26-24-31)42-30-36-17-7-8-18-37(36)47-41-21-11-12-22-44(41)49-48(42)47;33-26-18-15-22(16-19-26)25-17-20-29-30(21-25)32(24-11-5-2-6-12-24)28-14-8-7-13-27(28)31(29)23-9-3-1-4-10-23;18-17-20-14-9-10-5-1-2-6-11(10)15-12-7-3-4-8-13(12)19-16(14)15/h1-30H;1-21H;1-9,18H. The van der Waals surface area contributed by atoms with Crippen molar-refractivity contribution in [2.24, 2.45) is 0 Å². The van der Waals surface area contributed by atoms with Crippen LogP contribution in [-0.4, -0.2) is 12.7 Å². The number of fused-ring (bicyclic) bond motifs is 14. The second-order valence-corrected chi connectivity index (χ2v) is 26.6. The van der Waals surface area contributed by atoms with Gasteiger partial charge in [-0.1, -0.05) is 331 Å². The molecule has 0 saturated heterocycles. The summed E-state index contributed by atoms with van der Waals surface area (Å²) >= 11 is 3.56. The van der Waals surface area contributed by atoms with E-state index in [1.165, 1.54) is 126 Å². The van der Waals surface area contributed by atoms with Crippen molar-refractivity contribution in [3.63, 3.8) is 0 Å². The van der Waals surface area contributed by atoms with Crippen LogP contribution in [0.25, 0.3) is 186 Å². The first-order valence-electron chi connectivity index (χ1n) is 34.3. The zero-order valence-corrected chi connectivity index (χ0v) is 56.9. The van der Waals surface area contributed by atoms with Gasteiger partial charge in [-0.05, 0) is 185 Å². The quantitative estimate of drug-likeness (QED) is 0.116. The number of hydrogen-bond donors (Lipinski definition) is 1. The lowest BCUT2D eigenvalue weighted by atomic mass is 9.85. The van der Waals surface area contributed by atoms with Crippen molar-refractivity contribution in [2.75, 3.05) is 0 Å². The van der Waals surface area contributed by atoms with Crippen LogP contribution in [0.5, 0.6) is 5.75 Å². The molecule has 0 atom stereocenters. The molecule has 0 fully saturated rings. The van der Waals surface area contributed by atoms with Crippen molar-refractivity contribution >= 4 is 132 Å². The first-order chi connectivity index (χ1) is 50.5. The van der Waals surface area contributed by atoms with Gasteiger partial charge in [-0.2, -0.15) is 0 Å². The SMILES string of the molecule is Brc1ccc(-c2ccc3c(-c4ccccc4)c4ccccc4c(-c4ccccc4)c3c2)cc1.O[B]Oc1cc2ccccc2c2c1oc1ccccc12.c1ccc(-c2c3ccccc3c(-c3ccccc3)c3cc(-c4ccc(-c5cc6ccccc6c6c5oc5ccccc56)cc4)ccc23)cc1. The molecule has 0 spiro atoms. The maximum Gasteiger partial charge on any atom is 0.569 e. The monoisotopic (exact) mass is 1370 g/mol. The summed E-state index contributed by atoms with van der Waals surface area (Å²) in [6, 6.07) is 129. The van der Waals surface area contributed by atoms with Gasteiger partial charge in [0.25, 0.3) is 0 Å². The highest BCUT2D eigenvalue weighted by Crippen LogP contribution is 2.49. The van der Waals surface area contributed by atoms with Crippen molar-refractivity contribution in [2.45, 2.75) is 0 Å². The molecule has 2 heterocycles. The highest BCUT2D eigenvalue weighted by molar-refractivity contribution is 9.10. The number of para-hydroxylation sites is 2. The summed E-state index contributed by atoms with van der Waals surface area (Å²) in [6.07, 6.45) is 0. The molecule has 1 N–H and O–H groups in total. The molecule has 0 amide bonds. The van der Waals surface area contributed by atoms with Gasteiger partial charge in [0.15, 0.2) is 5.58 Å². The molecular weight excluding hydrogens is 1310 g/mol. The summed E-state index contributed by atoms with van der Waals surface area (Å²) in [7, 11) is 0.677. The molecule has 0 unspecified atom stereocenters. The third-order valence-corrected chi connectivity index (χ3v) is 20.4. The van der Waals surface area contributed by atoms with Crippen LogP contribution in [0, 0.1) is 0 Å². The van der Waals surface area contributed by atoms with Crippen LogP contribution in [0.2, 0.25) is 0 Å². The molecular formula is C96H61BBrO4. The smallest absolute Gasteiger partial charge is 0.535 e. The fourth-order valence-corrected chi connectivity index (χ4v) is 15.6. The Morgan fingerprint density at radius 3 is 0.990 bits per heavy atom. The Morgan fingerprint density at radius 2 is 0.559 bits per heavy atom. The van der Waals surface area contributed by atoms with Gasteiger partial charge in [0.2, 0.25) is 0 Å². The molecule has 6 heteroatoms. The average Bonchev–Trinajstić information content (AvgIpc) is 0.780. The average molecular weight is 1370 g/mol. The minimum atomic E-state index is 0.511. The Kier molecular flexibility index (Phi) is 16.1. The number of rotatable bonds is 9. The van der Waals surface area contributed by atoms with Crippen molar-refractivity contribution in [1.29, 1.82) is 0 Å². The third kappa shape index (κ3) is 11.1. The number of furan rings is 2. The molecule has 102 heavy (non-hydrogen) atoms. The fourth-order valence-electron chi connectivity index (χ4n) is 15.3. The molecule has 0 saturated carbocycles. The summed E-state index contributed by atoms with van der Waals surface area (Å²) in [4.78, 5) is 0. The molecule has 2 aromatic heterocycles. The topological polar surface area (TPSA) is 55.7 Å². The lowest BCUT2D eigenvalue weighted by molar-refractivity contribution is 0.451. The third-order valence-electron chi connectivity index (χ3n) is 19.9. The molecule has 18 aromatic carbocycles. The Bertz CT molecular complexity index is 6550. The van der Waals surface area contributed by atoms with Crippen LogP contribution >= 0.6 is 15.9 Å². The van der Waals surface area contributed by atoms with Crippen LogP contribution in [0.1, 0.15) is 0 Å². The van der Waals surface area contributed by atoms with Crippen molar-refractivity contribution in [1.82, 2.24) is 0 Å². The summed E-state index contributed by atoms with van der Waals surface area (Å²) in [6.45, 7) is 0. The molecule has 0 aliphatic carbocycles. The summed E-state index contributed by atoms with van der Waals surface area (Å²) < 4.78 is 18.7. The number of benzene rings is 18. The second-order valence-electron chi connectivity index (χ2n) is 25.7. The molecule has 20 rings (SSSR count). The first kappa shape index (κ1) is 61.7. The van der Waals surface area contributed by atoms with Gasteiger partial charge in [0.05, 0.1) is 0 Å². The molecule has 479 valence electrons. The number of hydrogen-bond acceptors (Lipinski definition) is 4. The maximum atomic E-state index is 8.94. The highest BCUT2D eigenvalue weighted by Gasteiger charge is 2.22. The van der Waals surface area contributed by atoms with E-state index in [-0.39, 0.29) is 0 Å². The van der Waals surface area contributed by atoms with Gasteiger partial charge in [-0.25, -0.2) is 0 Å². The van der Waals surface area contributed by atoms with E-state index in [1.807, 2.05) is 54.6 Å². The van der Waals surface area contributed by atoms with Crippen LogP contribution < -0.4 is 4.65 Å². The van der Waals surface area contributed by atoms with Gasteiger partial charge in [0, 0.05) is 31.6 Å². The van der Waals surface area contributed by atoms with Gasteiger partial charge in [-0.15, -0.1) is 0 Å². The zero-order chi connectivity index (χ0) is 68.0. The van der Waals surface area contributed by atoms with Crippen molar-refractivity contribution in [3.8, 4) is 83.6 Å². The fraction of sp³-hybridized carbons (Fsp3) is 0. The Hall–Kier alpha value is -12.6. The summed E-state index contributed by atoms with van der Waals surface area (Å²) in [5.41, 5.74) is 20.4. The minimum absolute atomic E-state index is 0.511. The number of halogens is 1. The normalized spacial score (nSPS) is 11.4. The highest BCUT2D eigenvalue weighted by atomic mass is 79.9. The Labute approximate surface area is 598 Å². The Balaban J connectivity index is 0.000000121. The van der Waals surface area contributed by atoms with Gasteiger partial charge >= 0.3 is 7.69 Å². The molecule has 20 aromatic rings. The summed E-state index contributed by atoms with van der Waals surface area (Å²) in [5, 5.41) is 28.1. The predicted molar refractivity (Wildman–Crippen MR) is 433 cm³/mol. The van der Waals surface area contributed by atoms with E-state index < -0.39 is 0 Å². The van der Waals surface area contributed by atoms with Gasteiger partial charge in [0.1, 0.15) is 22.5 Å². The zero-order valence-electron chi connectivity index (χ0n) is 55.3. The molecule has 0 bridgehead atoms. The van der Waals surface area contributed by atoms with E-state index in [9.17, 15) is 0 Å². The van der Waals surface area contributed by atoms with Crippen LogP contribution in [-0.2, 0) is 0 Å². The minimum Gasteiger partial charge on any atom is -0.535 e. The van der Waals surface area contributed by atoms with E-state index in [2.05, 4.69) is 325 Å². The van der Waals surface area contributed by atoms with Gasteiger partial charge in [-0.3, -0.25) is 0 Å². The van der Waals surface area contributed by atoms with Crippen molar-refractivity contribution in [3.05, 3.63) is 368 Å². The summed E-state index contributed by atoms with van der Waals surface area (Å²) in [5.74, 6) is 0.511.